The number of benzene rings is 3. The zero-order valence-electron chi connectivity index (χ0n) is 30.2. The molecule has 53 heavy (non-hydrogen) atoms. The molecule has 7 rings (SSSR count). The number of aromatic nitrogens is 2. The minimum Gasteiger partial charge on any atom is -0.493 e. The van der Waals surface area contributed by atoms with Crippen LogP contribution >= 0.6 is 0 Å². The van der Waals surface area contributed by atoms with Gasteiger partial charge in [0.15, 0.2) is 23.1 Å². The van der Waals surface area contributed by atoms with Gasteiger partial charge in [0.05, 0.1) is 38.9 Å². The fourth-order valence-corrected chi connectivity index (χ4v) is 7.88. The van der Waals surface area contributed by atoms with Gasteiger partial charge in [-0.1, -0.05) is 18.2 Å². The molecule has 0 aliphatic carbocycles. The number of ether oxygens (including phenoxy) is 3. The van der Waals surface area contributed by atoms with E-state index in [1.165, 1.54) is 33.5 Å². The number of para-hydroxylation sites is 2. The van der Waals surface area contributed by atoms with Crippen LogP contribution in [0.25, 0.3) is 11.0 Å². The van der Waals surface area contributed by atoms with Crippen LogP contribution in [-0.2, 0) is 18.6 Å². The molecule has 0 bridgehead atoms. The van der Waals surface area contributed by atoms with E-state index in [4.69, 9.17) is 23.6 Å². The van der Waals surface area contributed by atoms with Crippen LogP contribution in [0.1, 0.15) is 53.1 Å². The average molecular weight is 730 g/mol. The first-order valence-corrected chi connectivity index (χ1v) is 17.9. The Hall–Kier alpha value is -5.14. The number of carbonyl (C=O) groups excluding carboxylic acids is 1. The van der Waals surface area contributed by atoms with E-state index in [1.54, 1.807) is 29.2 Å². The Labute approximate surface area is 307 Å². The molecule has 4 heterocycles. The van der Waals surface area contributed by atoms with Crippen molar-refractivity contribution < 1.29 is 37.3 Å². The maximum absolute atomic E-state index is 14.7. The van der Waals surface area contributed by atoms with Gasteiger partial charge in [0.2, 0.25) is 11.7 Å². The number of imidazole rings is 1. The molecule has 280 valence electrons. The van der Waals surface area contributed by atoms with Crippen molar-refractivity contribution >= 4 is 22.9 Å². The zero-order valence-corrected chi connectivity index (χ0v) is 30.2. The molecule has 0 saturated carbocycles. The fraction of sp³-hybridized carbons (Fsp3) is 0.400. The van der Waals surface area contributed by atoms with Crippen molar-refractivity contribution in [2.45, 2.75) is 50.3 Å². The molecule has 0 spiro atoms. The summed E-state index contributed by atoms with van der Waals surface area (Å²) in [5.41, 5.74) is 2.34. The Kier molecular flexibility index (Phi) is 10.6. The predicted octanol–water partition coefficient (Wildman–Crippen LogP) is 6.30. The number of H-pyrrole nitrogens is 1. The summed E-state index contributed by atoms with van der Waals surface area (Å²) in [6, 6.07) is 19.2. The number of fused-ring (bicyclic) bond motifs is 1. The van der Waals surface area contributed by atoms with Gasteiger partial charge in [-0.05, 0) is 86.3 Å². The van der Waals surface area contributed by atoms with Crippen LogP contribution in [0.3, 0.4) is 0 Å². The molecule has 2 N–H and O–H groups in total. The third kappa shape index (κ3) is 7.40. The quantitative estimate of drug-likeness (QED) is 0.144. The number of aliphatic hydroxyl groups excluding tert-OH is 1. The van der Waals surface area contributed by atoms with Gasteiger partial charge in [-0.3, -0.25) is 4.79 Å². The van der Waals surface area contributed by atoms with Gasteiger partial charge in [0.25, 0.3) is 5.91 Å². The molecule has 5 aromatic rings. The summed E-state index contributed by atoms with van der Waals surface area (Å²) in [6.45, 7) is 3.51. The topological polar surface area (TPSA) is 117 Å². The molecule has 13 heteroatoms. The number of likely N-dealkylation sites (tertiary alicyclic amines) is 2. The highest BCUT2D eigenvalue weighted by Gasteiger charge is 2.42. The molecular weight excluding hydrogens is 684 g/mol. The molecule has 1 amide bonds. The highest BCUT2D eigenvalue weighted by Crippen LogP contribution is 2.42. The number of furan rings is 1. The van der Waals surface area contributed by atoms with Crippen LogP contribution < -0.4 is 19.1 Å². The third-order valence-electron chi connectivity index (χ3n) is 10.8. The number of aliphatic hydroxyl groups is 1. The van der Waals surface area contributed by atoms with Crippen LogP contribution in [0.4, 0.5) is 14.7 Å². The molecule has 2 saturated heterocycles. The standard InChI is InChI=1S/C40H45F2N5O6/c1-50-35-20-26(21-36(51-2)37(35)52-3)38(49)46-19-15-40(25-46,27-8-11-31(41)32(42)22-27)14-18-45-16-12-28(13-17-45)47(23-29-9-10-30(24-48)53-29)39-43-33-6-4-5-7-34(33)44-39/h4-11,20-22,28,48H,12-19,23-25H2,1-3H3,(H,43,44). The smallest absolute Gasteiger partial charge is 0.254 e. The van der Waals surface area contributed by atoms with Crippen molar-refractivity contribution in [3.8, 4) is 17.2 Å². The first-order valence-electron chi connectivity index (χ1n) is 17.9. The van der Waals surface area contributed by atoms with E-state index >= 15 is 0 Å². The molecule has 0 radical (unpaired) electrons. The minimum atomic E-state index is -0.898. The average Bonchev–Trinajstić information content (AvgIpc) is 3.95. The van der Waals surface area contributed by atoms with Gasteiger partial charge in [0, 0.05) is 43.2 Å². The second-order valence-electron chi connectivity index (χ2n) is 13.9. The van der Waals surface area contributed by atoms with Crippen molar-refractivity contribution in [2.24, 2.45) is 0 Å². The first kappa shape index (κ1) is 36.2. The van der Waals surface area contributed by atoms with Crippen molar-refractivity contribution in [2.75, 3.05) is 59.0 Å². The van der Waals surface area contributed by atoms with Crippen molar-refractivity contribution in [1.29, 1.82) is 0 Å². The first-order chi connectivity index (χ1) is 25.7. The van der Waals surface area contributed by atoms with Crippen LogP contribution in [-0.4, -0.2) is 90.9 Å². The number of nitrogens with one attached hydrogen (secondary N) is 1. The maximum Gasteiger partial charge on any atom is 0.254 e. The van der Waals surface area contributed by atoms with Crippen molar-refractivity contribution in [3.63, 3.8) is 0 Å². The number of rotatable bonds is 13. The van der Waals surface area contributed by atoms with Gasteiger partial charge >= 0.3 is 0 Å². The summed E-state index contributed by atoms with van der Waals surface area (Å²) in [5, 5.41) is 9.57. The highest BCUT2D eigenvalue weighted by atomic mass is 19.2. The number of aromatic amines is 1. The van der Waals surface area contributed by atoms with Crippen LogP contribution in [0.5, 0.6) is 17.2 Å². The van der Waals surface area contributed by atoms with Gasteiger partial charge in [-0.25, -0.2) is 13.8 Å². The van der Waals surface area contributed by atoms with E-state index in [-0.39, 0.29) is 18.6 Å². The Balaban J connectivity index is 1.07. The summed E-state index contributed by atoms with van der Waals surface area (Å²) in [4.78, 5) is 28.8. The summed E-state index contributed by atoms with van der Waals surface area (Å²) in [7, 11) is 4.51. The third-order valence-corrected chi connectivity index (χ3v) is 10.8. The van der Waals surface area contributed by atoms with Gasteiger partial charge < -0.3 is 43.4 Å². The van der Waals surface area contributed by atoms with Crippen LogP contribution in [0.15, 0.2) is 71.1 Å². The van der Waals surface area contributed by atoms with Crippen molar-refractivity contribution in [3.05, 3.63) is 101 Å². The van der Waals surface area contributed by atoms with E-state index in [0.717, 1.165) is 55.2 Å². The summed E-state index contributed by atoms with van der Waals surface area (Å²) >= 11 is 0. The second-order valence-corrected chi connectivity index (χ2v) is 13.9. The number of methoxy groups -OCH3 is 3. The summed E-state index contributed by atoms with van der Waals surface area (Å²) in [6.07, 6.45) is 3.00. The highest BCUT2D eigenvalue weighted by molar-refractivity contribution is 5.96. The molecule has 2 aliphatic heterocycles. The number of amides is 1. The maximum atomic E-state index is 14.7. The monoisotopic (exact) mass is 729 g/mol. The van der Waals surface area contributed by atoms with E-state index in [2.05, 4.69) is 14.8 Å². The predicted molar refractivity (Wildman–Crippen MR) is 196 cm³/mol. The number of hydrogen-bond donors (Lipinski definition) is 2. The van der Waals surface area contributed by atoms with E-state index in [0.29, 0.717) is 66.6 Å². The number of nitrogens with zero attached hydrogens (tertiary/aromatic N) is 4. The number of anilines is 1. The molecule has 11 nitrogen and oxygen atoms in total. The lowest BCUT2D eigenvalue weighted by Crippen LogP contribution is -2.46. The zero-order chi connectivity index (χ0) is 37.1. The minimum absolute atomic E-state index is 0.161. The normalized spacial score (nSPS) is 18.1. The van der Waals surface area contributed by atoms with Crippen molar-refractivity contribution in [1.82, 2.24) is 19.8 Å². The van der Waals surface area contributed by atoms with Crippen LogP contribution in [0, 0.1) is 11.6 Å². The largest absolute Gasteiger partial charge is 0.493 e. The summed E-state index contributed by atoms with van der Waals surface area (Å²) < 4.78 is 51.2. The van der Waals surface area contributed by atoms with E-state index in [1.807, 2.05) is 30.3 Å². The molecule has 1 atom stereocenters. The Morgan fingerprint density at radius 2 is 1.70 bits per heavy atom. The number of carbonyl (C=O) groups is 1. The Bertz CT molecular complexity index is 2000. The molecule has 1 unspecified atom stereocenters. The lowest BCUT2D eigenvalue weighted by molar-refractivity contribution is 0.0779. The van der Waals surface area contributed by atoms with Gasteiger partial charge in [0.1, 0.15) is 18.1 Å². The second kappa shape index (κ2) is 15.5. The van der Waals surface area contributed by atoms with E-state index in [9.17, 15) is 18.7 Å². The number of halogens is 2. The lowest BCUT2D eigenvalue weighted by atomic mass is 9.76. The van der Waals surface area contributed by atoms with Crippen LogP contribution in [0.2, 0.25) is 0 Å². The fourth-order valence-electron chi connectivity index (χ4n) is 7.88. The summed E-state index contributed by atoms with van der Waals surface area (Å²) in [5.74, 6) is 1.18. The van der Waals surface area contributed by atoms with Gasteiger partial charge in [-0.15, -0.1) is 0 Å². The number of hydrogen-bond acceptors (Lipinski definition) is 9. The Morgan fingerprint density at radius 3 is 2.36 bits per heavy atom. The Morgan fingerprint density at radius 1 is 0.962 bits per heavy atom. The van der Waals surface area contributed by atoms with Gasteiger partial charge in [-0.2, -0.15) is 0 Å². The molecule has 2 fully saturated rings. The SMILES string of the molecule is COc1cc(C(=O)N2CCC(CCN3CCC(N(Cc4ccc(CO)o4)c4nc5ccccc5[nH]4)CC3)(c3ccc(F)c(F)c3)C2)cc(OC)c1OC. The molecular formula is C40H45F2N5O6. The number of piperidine rings is 1. The van der Waals surface area contributed by atoms with E-state index < -0.39 is 17.0 Å². The molecule has 2 aromatic heterocycles. The lowest BCUT2D eigenvalue weighted by Gasteiger charge is -2.39. The molecule has 2 aliphatic rings. The molecule has 3 aromatic carbocycles.